The molecule has 5 rings (SSSR count). The standard InChI is InChI=1S/C28H29N5O4/c34-16-13-20-7-10-23(11-8-20)32-26-12-9-21(19-31-14-2-1-3-15-31)17-25(26)29-28(32)30-27(35)22-5-4-6-24(18-22)33(36)37/h4-12,17-18,34H,1-3,13-16,19H2,(H,29,30,35). The van der Waals surface area contributed by atoms with Gasteiger partial charge in [-0.2, -0.15) is 0 Å². The highest BCUT2D eigenvalue weighted by molar-refractivity contribution is 6.04. The second-order valence-electron chi connectivity index (χ2n) is 9.33. The number of carbonyl (C=O) groups excluding carboxylic acids is 1. The van der Waals surface area contributed by atoms with Crippen molar-refractivity contribution < 1.29 is 14.8 Å². The smallest absolute Gasteiger partial charge is 0.270 e. The van der Waals surface area contributed by atoms with Gasteiger partial charge in [-0.3, -0.25) is 29.7 Å². The monoisotopic (exact) mass is 499 g/mol. The number of aliphatic hydroxyl groups is 1. The SMILES string of the molecule is O=C(Nc1nc2cc(CN3CCCCC3)ccc2n1-c1ccc(CCO)cc1)c1cccc([N+](=O)[O-])c1. The van der Waals surface area contributed by atoms with E-state index in [9.17, 15) is 20.0 Å². The first kappa shape index (κ1) is 24.6. The molecule has 0 saturated carbocycles. The molecule has 0 spiro atoms. The number of hydrogen-bond donors (Lipinski definition) is 2. The van der Waals surface area contributed by atoms with E-state index in [1.165, 1.54) is 43.5 Å². The van der Waals surface area contributed by atoms with Gasteiger partial charge in [0.1, 0.15) is 0 Å². The van der Waals surface area contributed by atoms with Gasteiger partial charge < -0.3 is 5.11 Å². The number of fused-ring (bicyclic) bond motifs is 1. The van der Waals surface area contributed by atoms with Crippen LogP contribution in [0.4, 0.5) is 11.6 Å². The lowest BCUT2D eigenvalue weighted by atomic mass is 10.1. The molecule has 190 valence electrons. The molecule has 1 saturated heterocycles. The van der Waals surface area contributed by atoms with Gasteiger partial charge in [0.15, 0.2) is 0 Å². The van der Waals surface area contributed by atoms with E-state index >= 15 is 0 Å². The first-order chi connectivity index (χ1) is 18.0. The van der Waals surface area contributed by atoms with Crippen LogP contribution >= 0.6 is 0 Å². The molecule has 9 nitrogen and oxygen atoms in total. The zero-order valence-corrected chi connectivity index (χ0v) is 20.5. The largest absolute Gasteiger partial charge is 0.396 e. The molecular formula is C28H29N5O4. The summed E-state index contributed by atoms with van der Waals surface area (Å²) in [6.07, 6.45) is 4.28. The zero-order valence-electron chi connectivity index (χ0n) is 20.5. The maximum Gasteiger partial charge on any atom is 0.270 e. The highest BCUT2D eigenvalue weighted by Crippen LogP contribution is 2.27. The molecule has 0 aliphatic carbocycles. The maximum absolute atomic E-state index is 13.1. The third-order valence-electron chi connectivity index (χ3n) is 6.71. The van der Waals surface area contributed by atoms with E-state index in [4.69, 9.17) is 4.98 Å². The summed E-state index contributed by atoms with van der Waals surface area (Å²) >= 11 is 0. The van der Waals surface area contributed by atoms with Crippen LogP contribution in [0, 0.1) is 10.1 Å². The molecule has 4 aromatic rings. The van der Waals surface area contributed by atoms with Crippen molar-refractivity contribution in [1.82, 2.24) is 14.5 Å². The highest BCUT2D eigenvalue weighted by atomic mass is 16.6. The number of nitrogens with zero attached hydrogens (tertiary/aromatic N) is 4. The molecule has 9 heteroatoms. The van der Waals surface area contributed by atoms with E-state index in [0.717, 1.165) is 47.5 Å². The Bertz CT molecular complexity index is 1420. The van der Waals surface area contributed by atoms with Crippen molar-refractivity contribution in [3.8, 4) is 5.69 Å². The lowest BCUT2D eigenvalue weighted by Gasteiger charge is -2.26. The first-order valence-corrected chi connectivity index (χ1v) is 12.5. The fourth-order valence-corrected chi connectivity index (χ4v) is 4.82. The van der Waals surface area contributed by atoms with Gasteiger partial charge in [-0.1, -0.05) is 30.7 Å². The fraction of sp³-hybridized carbons (Fsp3) is 0.286. The Labute approximate surface area is 214 Å². The van der Waals surface area contributed by atoms with Gasteiger partial charge >= 0.3 is 0 Å². The van der Waals surface area contributed by atoms with Crippen molar-refractivity contribution in [3.63, 3.8) is 0 Å². The van der Waals surface area contributed by atoms with Crippen molar-refractivity contribution in [2.75, 3.05) is 25.0 Å². The molecule has 0 unspecified atom stereocenters. The Morgan fingerprint density at radius 3 is 2.49 bits per heavy atom. The molecule has 0 radical (unpaired) electrons. The number of non-ortho nitro benzene ring substituents is 1. The average Bonchev–Trinajstić information content (AvgIpc) is 3.27. The lowest BCUT2D eigenvalue weighted by molar-refractivity contribution is -0.384. The van der Waals surface area contributed by atoms with E-state index in [0.29, 0.717) is 12.4 Å². The molecule has 2 N–H and O–H groups in total. The van der Waals surface area contributed by atoms with E-state index in [2.05, 4.69) is 22.3 Å². The van der Waals surface area contributed by atoms with E-state index in [1.54, 1.807) is 0 Å². The van der Waals surface area contributed by atoms with Gasteiger partial charge in [0.05, 0.1) is 16.0 Å². The molecule has 1 aliphatic rings. The molecule has 0 atom stereocenters. The number of piperidine rings is 1. The number of carbonyl (C=O) groups is 1. The van der Waals surface area contributed by atoms with Crippen molar-refractivity contribution in [1.29, 1.82) is 0 Å². The van der Waals surface area contributed by atoms with Crippen LogP contribution in [-0.4, -0.2) is 50.1 Å². The third kappa shape index (κ3) is 5.52. The second kappa shape index (κ2) is 10.9. The Morgan fingerprint density at radius 1 is 1.00 bits per heavy atom. The van der Waals surface area contributed by atoms with Gasteiger partial charge in [0, 0.05) is 36.5 Å². The van der Waals surface area contributed by atoms with Crippen molar-refractivity contribution >= 4 is 28.6 Å². The summed E-state index contributed by atoms with van der Waals surface area (Å²) in [5, 5.41) is 23.3. The predicted molar refractivity (Wildman–Crippen MR) is 142 cm³/mol. The molecule has 1 fully saturated rings. The number of nitro groups is 1. The number of rotatable bonds is 8. The molecule has 1 aliphatic heterocycles. The fourth-order valence-electron chi connectivity index (χ4n) is 4.82. The van der Waals surface area contributed by atoms with E-state index < -0.39 is 10.8 Å². The molecule has 3 aromatic carbocycles. The minimum Gasteiger partial charge on any atom is -0.396 e. The molecule has 2 heterocycles. The lowest BCUT2D eigenvalue weighted by Crippen LogP contribution is -2.29. The summed E-state index contributed by atoms with van der Waals surface area (Å²) < 4.78 is 1.87. The number of nitro benzene ring substituents is 1. The topological polar surface area (TPSA) is 114 Å². The molecule has 37 heavy (non-hydrogen) atoms. The summed E-state index contributed by atoms with van der Waals surface area (Å²) in [7, 11) is 0. The van der Waals surface area contributed by atoms with E-state index in [-0.39, 0.29) is 17.9 Å². The number of imidazole rings is 1. The number of amides is 1. The van der Waals surface area contributed by atoms with Gasteiger partial charge in [-0.05, 0) is 73.8 Å². The Morgan fingerprint density at radius 2 is 1.76 bits per heavy atom. The van der Waals surface area contributed by atoms with Crippen LogP contribution in [0.25, 0.3) is 16.7 Å². The minimum atomic E-state index is -0.524. The number of aromatic nitrogens is 2. The maximum atomic E-state index is 13.1. The van der Waals surface area contributed by atoms with Gasteiger partial charge in [0.25, 0.3) is 11.6 Å². The van der Waals surface area contributed by atoms with Crippen molar-refractivity contribution in [2.24, 2.45) is 0 Å². The highest BCUT2D eigenvalue weighted by Gasteiger charge is 2.19. The second-order valence-corrected chi connectivity index (χ2v) is 9.33. The number of benzene rings is 3. The summed E-state index contributed by atoms with van der Waals surface area (Å²) in [5.74, 6) is -0.151. The van der Waals surface area contributed by atoms with Crippen LogP contribution in [-0.2, 0) is 13.0 Å². The minimum absolute atomic E-state index is 0.0671. The van der Waals surface area contributed by atoms with Crippen LogP contribution in [0.5, 0.6) is 0 Å². The zero-order chi connectivity index (χ0) is 25.8. The van der Waals surface area contributed by atoms with Crippen molar-refractivity contribution in [2.45, 2.75) is 32.2 Å². The first-order valence-electron chi connectivity index (χ1n) is 12.5. The van der Waals surface area contributed by atoms with Crippen molar-refractivity contribution in [3.05, 3.63) is 93.5 Å². The van der Waals surface area contributed by atoms with Gasteiger partial charge in [0.2, 0.25) is 5.95 Å². The summed E-state index contributed by atoms with van der Waals surface area (Å²) in [6, 6.07) is 19.5. The predicted octanol–water partition coefficient (Wildman–Crippen LogP) is 4.71. The Hall–Kier alpha value is -4.08. The normalized spacial score (nSPS) is 14.1. The molecular weight excluding hydrogens is 470 g/mol. The number of likely N-dealkylation sites (tertiary alicyclic amines) is 1. The van der Waals surface area contributed by atoms with Crippen LogP contribution in [0.1, 0.15) is 40.7 Å². The number of aliphatic hydroxyl groups excluding tert-OH is 1. The third-order valence-corrected chi connectivity index (χ3v) is 6.71. The molecule has 0 bridgehead atoms. The summed E-state index contributed by atoms with van der Waals surface area (Å²) in [5.41, 5.74) is 4.59. The quantitative estimate of drug-likeness (QED) is 0.268. The summed E-state index contributed by atoms with van der Waals surface area (Å²) in [6.45, 7) is 3.11. The average molecular weight is 500 g/mol. The number of anilines is 1. The number of hydrogen-bond acceptors (Lipinski definition) is 6. The van der Waals surface area contributed by atoms with Crippen LogP contribution in [0.3, 0.4) is 0 Å². The van der Waals surface area contributed by atoms with E-state index in [1.807, 2.05) is 34.9 Å². The Kier molecular flexibility index (Phi) is 7.25. The van der Waals surface area contributed by atoms with Gasteiger partial charge in [-0.25, -0.2) is 4.98 Å². The number of nitrogens with one attached hydrogen (secondary N) is 1. The molecule has 1 aromatic heterocycles. The molecule has 1 amide bonds. The van der Waals surface area contributed by atoms with Crippen LogP contribution < -0.4 is 5.32 Å². The summed E-state index contributed by atoms with van der Waals surface area (Å²) in [4.78, 5) is 31.0. The Balaban J connectivity index is 1.51. The van der Waals surface area contributed by atoms with Crippen LogP contribution in [0.15, 0.2) is 66.7 Å². The van der Waals surface area contributed by atoms with Gasteiger partial charge in [-0.15, -0.1) is 0 Å². The van der Waals surface area contributed by atoms with Crippen LogP contribution in [0.2, 0.25) is 0 Å².